The van der Waals surface area contributed by atoms with Crippen molar-refractivity contribution in [3.05, 3.63) is 52.3 Å². The summed E-state index contributed by atoms with van der Waals surface area (Å²) < 4.78 is 4.87. The van der Waals surface area contributed by atoms with E-state index in [1.54, 1.807) is 15.9 Å². The lowest BCUT2D eigenvalue weighted by molar-refractivity contribution is 0.558. The number of imidazole rings is 1. The number of fused-ring (bicyclic) bond motifs is 1. The van der Waals surface area contributed by atoms with Gasteiger partial charge in [0, 0.05) is 23.1 Å². The number of rotatable bonds is 3. The highest BCUT2D eigenvalue weighted by Crippen LogP contribution is 2.17. The van der Waals surface area contributed by atoms with Crippen molar-refractivity contribution in [2.75, 3.05) is 0 Å². The molecule has 0 fully saturated rings. The van der Waals surface area contributed by atoms with Gasteiger partial charge in [0.1, 0.15) is 0 Å². The Bertz CT molecular complexity index is 766. The number of thiophene rings is 1. The lowest BCUT2D eigenvalue weighted by atomic mass is 10.3. The van der Waals surface area contributed by atoms with Crippen LogP contribution in [0.5, 0.6) is 0 Å². The van der Waals surface area contributed by atoms with E-state index in [-0.39, 0.29) is 5.56 Å². The third-order valence-corrected chi connectivity index (χ3v) is 4.11. The summed E-state index contributed by atoms with van der Waals surface area (Å²) in [5.41, 5.74) is 1.11. The first-order valence-corrected chi connectivity index (χ1v) is 7.12. The zero-order valence-electron chi connectivity index (χ0n) is 10.9. The molecule has 0 N–H and O–H groups in total. The second-order valence-electron chi connectivity index (χ2n) is 4.83. The zero-order chi connectivity index (χ0) is 13.4. The summed E-state index contributed by atoms with van der Waals surface area (Å²) in [5.74, 6) is 0. The molecule has 0 spiro atoms. The topological polar surface area (TPSA) is 39.8 Å². The Morgan fingerprint density at radius 1 is 1.37 bits per heavy atom. The van der Waals surface area contributed by atoms with E-state index < -0.39 is 0 Å². The van der Waals surface area contributed by atoms with Crippen LogP contribution in [0.1, 0.15) is 25.6 Å². The van der Waals surface area contributed by atoms with Gasteiger partial charge in [0.25, 0.3) is 5.56 Å². The van der Waals surface area contributed by atoms with Crippen molar-refractivity contribution in [2.24, 2.45) is 0 Å². The van der Waals surface area contributed by atoms with E-state index in [4.69, 9.17) is 0 Å². The zero-order valence-corrected chi connectivity index (χ0v) is 11.7. The molecule has 0 bridgehead atoms. The van der Waals surface area contributed by atoms with Crippen LogP contribution in [-0.2, 0) is 6.54 Å². The standard InChI is InChI=1S/C14H15N3OS/c1-10(2)17-9-15-7-11(17)8-16-5-3-13-12(14(16)18)4-6-19-13/h3-7,9-10H,8H2,1-2H3. The highest BCUT2D eigenvalue weighted by molar-refractivity contribution is 7.17. The highest BCUT2D eigenvalue weighted by atomic mass is 32.1. The van der Waals surface area contributed by atoms with Gasteiger partial charge < -0.3 is 9.13 Å². The minimum Gasteiger partial charge on any atom is -0.330 e. The molecule has 3 rings (SSSR count). The fraction of sp³-hybridized carbons (Fsp3) is 0.286. The van der Waals surface area contributed by atoms with E-state index in [2.05, 4.69) is 23.4 Å². The SMILES string of the molecule is CC(C)n1cncc1Cn1ccc2sccc2c1=O. The monoisotopic (exact) mass is 273 g/mol. The third-order valence-electron chi connectivity index (χ3n) is 3.23. The summed E-state index contributed by atoms with van der Waals surface area (Å²) in [6, 6.07) is 4.23. The Balaban J connectivity index is 2.03. The van der Waals surface area contributed by atoms with Crippen LogP contribution in [0.15, 0.2) is 41.0 Å². The largest absolute Gasteiger partial charge is 0.330 e. The van der Waals surface area contributed by atoms with Gasteiger partial charge in [-0.15, -0.1) is 11.3 Å². The van der Waals surface area contributed by atoms with E-state index in [0.29, 0.717) is 12.6 Å². The molecule has 0 aliphatic heterocycles. The maximum absolute atomic E-state index is 12.3. The molecule has 5 heteroatoms. The molecule has 0 amide bonds. The average Bonchev–Trinajstić information content (AvgIpc) is 3.01. The van der Waals surface area contributed by atoms with E-state index in [9.17, 15) is 4.79 Å². The fourth-order valence-corrected chi connectivity index (χ4v) is 3.00. The van der Waals surface area contributed by atoms with Crippen molar-refractivity contribution in [1.29, 1.82) is 0 Å². The van der Waals surface area contributed by atoms with Crippen molar-refractivity contribution in [1.82, 2.24) is 14.1 Å². The van der Waals surface area contributed by atoms with Crippen molar-refractivity contribution >= 4 is 21.4 Å². The summed E-state index contributed by atoms with van der Waals surface area (Å²) in [7, 11) is 0. The molecular weight excluding hydrogens is 258 g/mol. The normalized spacial score (nSPS) is 11.5. The molecule has 0 saturated carbocycles. The Morgan fingerprint density at radius 3 is 3.00 bits per heavy atom. The molecule has 0 aliphatic carbocycles. The summed E-state index contributed by atoms with van der Waals surface area (Å²) in [5, 5.41) is 2.75. The minimum absolute atomic E-state index is 0.0651. The van der Waals surface area contributed by atoms with Crippen molar-refractivity contribution in [3.63, 3.8) is 0 Å². The molecule has 0 atom stereocenters. The van der Waals surface area contributed by atoms with Crippen LogP contribution in [0.4, 0.5) is 0 Å². The van der Waals surface area contributed by atoms with Crippen LogP contribution in [0.2, 0.25) is 0 Å². The number of aromatic nitrogens is 3. The maximum atomic E-state index is 12.3. The van der Waals surface area contributed by atoms with E-state index in [0.717, 1.165) is 15.8 Å². The predicted molar refractivity (Wildman–Crippen MR) is 77.8 cm³/mol. The lowest BCUT2D eigenvalue weighted by Crippen LogP contribution is -2.21. The smallest absolute Gasteiger partial charge is 0.259 e. The van der Waals surface area contributed by atoms with Gasteiger partial charge in [0.2, 0.25) is 0 Å². The molecule has 0 aliphatic rings. The van der Waals surface area contributed by atoms with Gasteiger partial charge in [0.15, 0.2) is 0 Å². The van der Waals surface area contributed by atoms with Gasteiger partial charge in [-0.05, 0) is 31.4 Å². The first kappa shape index (κ1) is 12.2. The van der Waals surface area contributed by atoms with Crippen LogP contribution >= 0.6 is 11.3 Å². The van der Waals surface area contributed by atoms with Crippen LogP contribution in [0, 0.1) is 0 Å². The van der Waals surface area contributed by atoms with Crippen molar-refractivity contribution in [2.45, 2.75) is 26.4 Å². The van der Waals surface area contributed by atoms with E-state index >= 15 is 0 Å². The number of hydrogen-bond acceptors (Lipinski definition) is 3. The van der Waals surface area contributed by atoms with Gasteiger partial charge >= 0.3 is 0 Å². The summed E-state index contributed by atoms with van der Waals surface area (Å²) in [4.78, 5) is 16.5. The van der Waals surface area contributed by atoms with E-state index in [1.165, 1.54) is 0 Å². The van der Waals surface area contributed by atoms with Crippen molar-refractivity contribution < 1.29 is 0 Å². The molecule has 19 heavy (non-hydrogen) atoms. The van der Waals surface area contributed by atoms with Crippen LogP contribution < -0.4 is 5.56 Å². The molecule has 98 valence electrons. The second kappa shape index (κ2) is 4.66. The molecule has 0 saturated heterocycles. The molecule has 3 aromatic rings. The highest BCUT2D eigenvalue weighted by Gasteiger charge is 2.08. The molecule has 3 heterocycles. The van der Waals surface area contributed by atoms with Gasteiger partial charge in [-0.1, -0.05) is 0 Å². The molecule has 4 nitrogen and oxygen atoms in total. The van der Waals surface area contributed by atoms with Gasteiger partial charge in [-0.25, -0.2) is 4.98 Å². The van der Waals surface area contributed by atoms with Gasteiger partial charge in [0.05, 0.1) is 24.0 Å². The Labute approximate surface area is 115 Å². The predicted octanol–water partition coefficient (Wildman–Crippen LogP) is 2.89. The minimum atomic E-state index is 0.0651. The molecular formula is C14H15N3OS. The first-order chi connectivity index (χ1) is 9.16. The fourth-order valence-electron chi connectivity index (χ4n) is 2.23. The summed E-state index contributed by atoms with van der Waals surface area (Å²) in [6.45, 7) is 4.77. The maximum Gasteiger partial charge on any atom is 0.259 e. The summed E-state index contributed by atoms with van der Waals surface area (Å²) in [6.07, 6.45) is 5.50. The van der Waals surface area contributed by atoms with Gasteiger partial charge in [-0.2, -0.15) is 0 Å². The first-order valence-electron chi connectivity index (χ1n) is 6.24. The second-order valence-corrected chi connectivity index (χ2v) is 5.78. The number of nitrogens with zero attached hydrogens (tertiary/aromatic N) is 3. The molecule has 0 unspecified atom stereocenters. The van der Waals surface area contributed by atoms with Gasteiger partial charge in [-0.3, -0.25) is 4.79 Å². The van der Waals surface area contributed by atoms with Crippen LogP contribution in [0.25, 0.3) is 10.1 Å². The molecule has 3 aromatic heterocycles. The van der Waals surface area contributed by atoms with Crippen molar-refractivity contribution in [3.8, 4) is 0 Å². The molecule has 0 radical (unpaired) electrons. The summed E-state index contributed by atoms with van der Waals surface area (Å²) >= 11 is 1.60. The Hall–Kier alpha value is -1.88. The Morgan fingerprint density at radius 2 is 2.21 bits per heavy atom. The third kappa shape index (κ3) is 2.10. The molecule has 0 aromatic carbocycles. The number of pyridine rings is 1. The van der Waals surface area contributed by atoms with E-state index in [1.807, 2.05) is 36.2 Å². The number of hydrogen-bond donors (Lipinski definition) is 0. The average molecular weight is 273 g/mol. The quantitative estimate of drug-likeness (QED) is 0.736. The van der Waals surface area contributed by atoms with Crippen LogP contribution in [-0.4, -0.2) is 14.1 Å². The van der Waals surface area contributed by atoms with Crippen LogP contribution in [0.3, 0.4) is 0 Å². The lowest BCUT2D eigenvalue weighted by Gasteiger charge is -2.12. The Kier molecular flexibility index (Phi) is 2.98.